The Morgan fingerprint density at radius 3 is 2.43 bits per heavy atom. The van der Waals surface area contributed by atoms with Crippen LogP contribution in [-0.4, -0.2) is 34.7 Å². The summed E-state index contributed by atoms with van der Waals surface area (Å²) in [5, 5.41) is 10.8. The molecule has 0 unspecified atom stereocenters. The molecular formula is C22H18ClN3O4. The van der Waals surface area contributed by atoms with Gasteiger partial charge in [-0.05, 0) is 41.5 Å². The largest absolute Gasteiger partial charge is 0.480 e. The minimum absolute atomic E-state index is 0.209. The Balaban J connectivity index is 2.19. The van der Waals surface area contributed by atoms with E-state index in [9.17, 15) is 19.5 Å². The van der Waals surface area contributed by atoms with Crippen molar-refractivity contribution in [2.75, 3.05) is 19.0 Å². The van der Waals surface area contributed by atoms with E-state index in [2.05, 4.69) is 4.98 Å². The van der Waals surface area contributed by atoms with Crippen LogP contribution in [0.4, 0.5) is 5.69 Å². The highest BCUT2D eigenvalue weighted by Crippen LogP contribution is 2.34. The lowest BCUT2D eigenvalue weighted by Crippen LogP contribution is -2.19. The molecule has 0 aliphatic rings. The van der Waals surface area contributed by atoms with Gasteiger partial charge in [0.25, 0.3) is 0 Å². The molecule has 0 spiro atoms. The van der Waals surface area contributed by atoms with Crippen LogP contribution in [0.1, 0.15) is 0 Å². The molecule has 0 saturated carbocycles. The fraction of sp³-hybridized carbons (Fsp3) is 0.136. The van der Waals surface area contributed by atoms with Crippen molar-refractivity contribution in [3.05, 3.63) is 74.3 Å². The summed E-state index contributed by atoms with van der Waals surface area (Å²) >= 11 is 6.41. The summed E-state index contributed by atoms with van der Waals surface area (Å²) in [6.45, 7) is -0.354. The molecule has 0 amide bonds. The number of carboxylic acids is 1. The number of fused-ring (bicyclic) bond motifs is 2. The summed E-state index contributed by atoms with van der Waals surface area (Å²) in [4.78, 5) is 41.0. The molecule has 4 aromatic rings. The highest BCUT2D eigenvalue weighted by atomic mass is 35.5. The Morgan fingerprint density at radius 1 is 1.07 bits per heavy atom. The first kappa shape index (κ1) is 19.7. The Morgan fingerprint density at radius 2 is 1.77 bits per heavy atom. The number of aromatic amines is 1. The van der Waals surface area contributed by atoms with Crippen LogP contribution in [0.3, 0.4) is 0 Å². The molecule has 0 saturated heterocycles. The lowest BCUT2D eigenvalue weighted by molar-refractivity contribution is -0.137. The molecular weight excluding hydrogens is 406 g/mol. The molecule has 2 aromatic carbocycles. The number of nitrogens with one attached hydrogen (secondary N) is 1. The van der Waals surface area contributed by atoms with Crippen molar-refractivity contribution in [1.82, 2.24) is 9.55 Å². The highest BCUT2D eigenvalue weighted by molar-refractivity contribution is 6.35. The number of hydrogen-bond acceptors (Lipinski definition) is 4. The molecule has 8 heteroatoms. The van der Waals surface area contributed by atoms with E-state index in [0.29, 0.717) is 43.6 Å². The van der Waals surface area contributed by atoms with Crippen molar-refractivity contribution in [2.24, 2.45) is 0 Å². The van der Waals surface area contributed by atoms with E-state index in [1.807, 2.05) is 0 Å². The number of aliphatic carboxylic acids is 1. The van der Waals surface area contributed by atoms with E-state index >= 15 is 0 Å². The Labute approximate surface area is 175 Å². The molecule has 0 radical (unpaired) electrons. The predicted molar refractivity (Wildman–Crippen MR) is 119 cm³/mol. The first-order valence-corrected chi connectivity index (χ1v) is 9.52. The van der Waals surface area contributed by atoms with Crippen LogP contribution in [0.25, 0.3) is 32.9 Å². The third kappa shape index (κ3) is 3.23. The fourth-order valence-electron chi connectivity index (χ4n) is 3.75. The predicted octanol–water partition coefficient (Wildman–Crippen LogP) is 3.31. The van der Waals surface area contributed by atoms with Crippen LogP contribution in [0.2, 0.25) is 5.02 Å². The zero-order valence-electron chi connectivity index (χ0n) is 16.3. The van der Waals surface area contributed by atoms with Gasteiger partial charge in [0.2, 0.25) is 5.56 Å². The zero-order valence-corrected chi connectivity index (χ0v) is 17.0. The van der Waals surface area contributed by atoms with E-state index in [4.69, 9.17) is 11.6 Å². The van der Waals surface area contributed by atoms with Crippen molar-refractivity contribution in [1.29, 1.82) is 0 Å². The van der Waals surface area contributed by atoms with Gasteiger partial charge in [0.05, 0.1) is 21.7 Å². The van der Waals surface area contributed by atoms with Gasteiger partial charge in [-0.2, -0.15) is 0 Å². The van der Waals surface area contributed by atoms with E-state index in [-0.39, 0.29) is 17.5 Å². The summed E-state index contributed by atoms with van der Waals surface area (Å²) in [6.07, 6.45) is 1.54. The molecule has 0 aliphatic heterocycles. The quantitative estimate of drug-likeness (QED) is 0.491. The number of pyridine rings is 2. The minimum Gasteiger partial charge on any atom is -0.480 e. The number of halogens is 1. The number of anilines is 1. The number of carboxylic acid groups (broad SMARTS) is 1. The second-order valence-corrected chi connectivity index (χ2v) is 7.58. The van der Waals surface area contributed by atoms with Crippen LogP contribution in [0.5, 0.6) is 0 Å². The van der Waals surface area contributed by atoms with E-state index in [0.717, 1.165) is 0 Å². The smallest absolute Gasteiger partial charge is 0.323 e. The molecule has 2 N–H and O–H groups in total. The van der Waals surface area contributed by atoms with Gasteiger partial charge in [0, 0.05) is 37.1 Å². The summed E-state index contributed by atoms with van der Waals surface area (Å²) < 4.78 is 1.59. The molecule has 152 valence electrons. The third-order valence-corrected chi connectivity index (χ3v) is 5.30. The lowest BCUT2D eigenvalue weighted by Gasteiger charge is -2.22. The standard InChI is InChI=1S/C22H18ClN3O4/c1-25(2)21-16(23)6-5-15-20(21)26(11-19(28)29)17-9-12(3-4-14(17)22(15)30)13-7-8-24-18(27)10-13/h3-10H,11H2,1-2H3,(H,24,27)(H,28,29). The Bertz CT molecular complexity index is 1440. The maximum Gasteiger partial charge on any atom is 0.323 e. The van der Waals surface area contributed by atoms with Crippen LogP contribution < -0.4 is 15.9 Å². The van der Waals surface area contributed by atoms with Crippen LogP contribution in [-0.2, 0) is 11.3 Å². The summed E-state index contributed by atoms with van der Waals surface area (Å²) in [6, 6.07) is 11.6. The van der Waals surface area contributed by atoms with Gasteiger partial charge in [-0.25, -0.2) is 0 Å². The zero-order chi connectivity index (χ0) is 21.6. The topological polar surface area (TPSA) is 95.4 Å². The van der Waals surface area contributed by atoms with E-state index in [1.165, 1.54) is 12.3 Å². The molecule has 0 fully saturated rings. The summed E-state index contributed by atoms with van der Waals surface area (Å²) in [7, 11) is 3.57. The number of rotatable bonds is 4. The van der Waals surface area contributed by atoms with Crippen molar-refractivity contribution >= 4 is 45.1 Å². The van der Waals surface area contributed by atoms with E-state index in [1.54, 1.807) is 60.0 Å². The molecule has 2 heterocycles. The second-order valence-electron chi connectivity index (χ2n) is 7.17. The normalized spacial score (nSPS) is 11.2. The Hall–Kier alpha value is -3.58. The molecule has 30 heavy (non-hydrogen) atoms. The first-order chi connectivity index (χ1) is 14.3. The van der Waals surface area contributed by atoms with Gasteiger partial charge in [-0.3, -0.25) is 14.4 Å². The average Bonchev–Trinajstić information content (AvgIpc) is 2.70. The maximum absolute atomic E-state index is 13.2. The number of benzene rings is 2. The van der Waals surface area contributed by atoms with Crippen molar-refractivity contribution in [2.45, 2.75) is 6.54 Å². The molecule has 0 bridgehead atoms. The number of carbonyl (C=O) groups is 1. The van der Waals surface area contributed by atoms with Gasteiger partial charge in [-0.1, -0.05) is 17.7 Å². The number of aromatic nitrogens is 2. The molecule has 0 atom stereocenters. The average molecular weight is 424 g/mol. The van der Waals surface area contributed by atoms with Gasteiger partial charge in [0.15, 0.2) is 5.43 Å². The number of hydrogen-bond donors (Lipinski definition) is 2. The molecule has 7 nitrogen and oxygen atoms in total. The van der Waals surface area contributed by atoms with Crippen molar-refractivity contribution < 1.29 is 9.90 Å². The number of H-pyrrole nitrogens is 1. The SMILES string of the molecule is CN(C)c1c(Cl)ccc2c(=O)c3ccc(-c4cc[nH]c(=O)c4)cc3n(CC(=O)O)c12. The second kappa shape index (κ2) is 7.35. The van der Waals surface area contributed by atoms with Gasteiger partial charge in [0.1, 0.15) is 6.54 Å². The highest BCUT2D eigenvalue weighted by Gasteiger charge is 2.19. The summed E-state index contributed by atoms with van der Waals surface area (Å²) in [5.74, 6) is -1.05. The molecule has 4 rings (SSSR count). The van der Waals surface area contributed by atoms with Gasteiger partial charge >= 0.3 is 5.97 Å². The van der Waals surface area contributed by atoms with Crippen LogP contribution in [0.15, 0.2) is 58.3 Å². The van der Waals surface area contributed by atoms with Gasteiger partial charge < -0.3 is 19.6 Å². The minimum atomic E-state index is -1.05. The van der Waals surface area contributed by atoms with Crippen molar-refractivity contribution in [3.8, 4) is 11.1 Å². The molecule has 0 aliphatic carbocycles. The lowest BCUT2D eigenvalue weighted by atomic mass is 10.0. The van der Waals surface area contributed by atoms with Crippen LogP contribution >= 0.6 is 11.6 Å². The molecule has 2 aromatic heterocycles. The monoisotopic (exact) mass is 423 g/mol. The van der Waals surface area contributed by atoms with Crippen LogP contribution in [0, 0.1) is 0 Å². The maximum atomic E-state index is 13.2. The summed E-state index contributed by atoms with van der Waals surface area (Å²) in [5.41, 5.74) is 2.37. The Kier molecular flexibility index (Phi) is 4.83. The third-order valence-electron chi connectivity index (χ3n) is 5.00. The fourth-order valence-corrected chi connectivity index (χ4v) is 4.07. The van der Waals surface area contributed by atoms with Crippen molar-refractivity contribution in [3.63, 3.8) is 0 Å². The number of nitrogens with zero attached hydrogens (tertiary/aromatic N) is 2. The first-order valence-electron chi connectivity index (χ1n) is 9.15. The van der Waals surface area contributed by atoms with Gasteiger partial charge in [-0.15, -0.1) is 0 Å². The van der Waals surface area contributed by atoms with E-state index < -0.39 is 5.97 Å².